The zero-order valence-corrected chi connectivity index (χ0v) is 18.3. The fraction of sp³-hybridized carbons (Fsp3) is 0.273. The van der Waals surface area contributed by atoms with E-state index in [4.69, 9.17) is 15.2 Å². The Hall–Kier alpha value is -3.46. The Labute approximate surface area is 185 Å². The van der Waals surface area contributed by atoms with Crippen molar-refractivity contribution >= 4 is 28.6 Å². The first-order valence-electron chi connectivity index (χ1n) is 9.82. The van der Waals surface area contributed by atoms with Crippen molar-refractivity contribution in [2.75, 3.05) is 18.9 Å². The molecule has 1 heterocycles. The molecular weight excluding hydrogens is 414 g/mol. The first-order chi connectivity index (χ1) is 15.0. The van der Waals surface area contributed by atoms with Gasteiger partial charge in [-0.25, -0.2) is 5.43 Å². The number of hydrazone groups is 1. The van der Waals surface area contributed by atoms with Gasteiger partial charge in [-0.3, -0.25) is 4.79 Å². The molecule has 0 bridgehead atoms. The number of nitrogens with zero attached hydrogens (tertiary/aromatic N) is 3. The van der Waals surface area contributed by atoms with Crippen LogP contribution in [0, 0.1) is 13.8 Å². The maximum absolute atomic E-state index is 11.9. The number of carbonyl (C=O) groups excluding carboxylic acids is 1. The van der Waals surface area contributed by atoms with E-state index in [1.54, 1.807) is 6.21 Å². The maximum Gasteiger partial charge on any atom is 0.247 e. The first-order valence-corrected chi connectivity index (χ1v) is 10.6. The molecule has 0 fully saturated rings. The number of rotatable bonds is 10. The van der Waals surface area contributed by atoms with E-state index in [9.17, 15) is 4.79 Å². The molecule has 0 unspecified atom stereocenters. The molecule has 2 aromatic carbocycles. The molecule has 0 spiro atoms. The normalized spacial score (nSPS) is 10.9. The highest BCUT2D eigenvalue weighted by Crippen LogP contribution is 2.17. The van der Waals surface area contributed by atoms with Gasteiger partial charge < -0.3 is 15.2 Å². The molecule has 1 amide bonds. The summed E-state index contributed by atoms with van der Waals surface area (Å²) in [6.45, 7) is 5.27. The fourth-order valence-corrected chi connectivity index (χ4v) is 3.23. The third kappa shape index (κ3) is 7.38. The van der Waals surface area contributed by atoms with Gasteiger partial charge in [0.15, 0.2) is 0 Å². The average molecular weight is 440 g/mol. The van der Waals surface area contributed by atoms with E-state index in [1.807, 2.05) is 36.4 Å². The van der Waals surface area contributed by atoms with Crippen molar-refractivity contribution in [3.8, 4) is 11.5 Å². The summed E-state index contributed by atoms with van der Waals surface area (Å²) < 4.78 is 11.5. The molecule has 1 aromatic heterocycles. The van der Waals surface area contributed by atoms with Gasteiger partial charge in [-0.1, -0.05) is 29.5 Å². The molecule has 3 aromatic rings. The quantitative estimate of drug-likeness (QED) is 0.285. The van der Waals surface area contributed by atoms with Crippen LogP contribution in [0.25, 0.3) is 0 Å². The summed E-state index contributed by atoms with van der Waals surface area (Å²) in [5, 5.41) is 12.3. The molecule has 0 aliphatic heterocycles. The van der Waals surface area contributed by atoms with E-state index in [-0.39, 0.29) is 12.3 Å². The molecule has 0 aliphatic carbocycles. The number of amides is 1. The lowest BCUT2D eigenvalue weighted by atomic mass is 10.1. The lowest BCUT2D eigenvalue weighted by Gasteiger charge is -2.09. The van der Waals surface area contributed by atoms with Crippen molar-refractivity contribution in [1.82, 2.24) is 15.6 Å². The van der Waals surface area contributed by atoms with Crippen LogP contribution >= 0.6 is 11.3 Å². The maximum atomic E-state index is 11.9. The van der Waals surface area contributed by atoms with Gasteiger partial charge in [0, 0.05) is 6.42 Å². The zero-order valence-electron chi connectivity index (χ0n) is 17.5. The fourth-order valence-electron chi connectivity index (χ4n) is 2.62. The average Bonchev–Trinajstić information content (AvgIpc) is 3.15. The second kappa shape index (κ2) is 11.1. The van der Waals surface area contributed by atoms with Gasteiger partial charge >= 0.3 is 0 Å². The van der Waals surface area contributed by atoms with Crippen LogP contribution in [-0.2, 0) is 11.2 Å². The number of nitrogen functional groups attached to an aromatic ring is 1. The molecular formula is C22H25N5O3S. The number of carbonyl (C=O) groups is 1. The number of ether oxygens (including phenoxy) is 2. The number of anilines is 1. The van der Waals surface area contributed by atoms with Crippen LogP contribution in [0.4, 0.5) is 5.13 Å². The van der Waals surface area contributed by atoms with Gasteiger partial charge in [-0.05, 0) is 54.8 Å². The molecule has 0 saturated carbocycles. The van der Waals surface area contributed by atoms with E-state index < -0.39 is 0 Å². The smallest absolute Gasteiger partial charge is 0.247 e. The number of hydrogen-bond acceptors (Lipinski definition) is 8. The summed E-state index contributed by atoms with van der Waals surface area (Å²) in [6, 6.07) is 13.5. The van der Waals surface area contributed by atoms with Crippen LogP contribution in [0.5, 0.6) is 11.5 Å². The highest BCUT2D eigenvalue weighted by atomic mass is 32.1. The van der Waals surface area contributed by atoms with Gasteiger partial charge in [-0.2, -0.15) is 5.10 Å². The summed E-state index contributed by atoms with van der Waals surface area (Å²) in [5.41, 5.74) is 11.2. The molecule has 31 heavy (non-hydrogen) atoms. The van der Waals surface area contributed by atoms with E-state index >= 15 is 0 Å². The Morgan fingerprint density at radius 2 is 1.87 bits per heavy atom. The third-order valence-electron chi connectivity index (χ3n) is 4.36. The molecule has 162 valence electrons. The van der Waals surface area contributed by atoms with Crippen molar-refractivity contribution in [2.45, 2.75) is 26.7 Å². The molecule has 3 rings (SSSR count). The monoisotopic (exact) mass is 439 g/mol. The first kappa shape index (κ1) is 22.2. The van der Waals surface area contributed by atoms with E-state index in [0.29, 0.717) is 23.4 Å². The van der Waals surface area contributed by atoms with E-state index in [2.05, 4.69) is 40.6 Å². The molecule has 8 nitrogen and oxygen atoms in total. The lowest BCUT2D eigenvalue weighted by molar-refractivity contribution is -0.120. The van der Waals surface area contributed by atoms with Gasteiger partial charge in [0.25, 0.3) is 0 Å². The zero-order chi connectivity index (χ0) is 22.1. The summed E-state index contributed by atoms with van der Waals surface area (Å²) in [4.78, 5) is 11.9. The lowest BCUT2D eigenvalue weighted by Crippen LogP contribution is -2.19. The Kier molecular flexibility index (Phi) is 7.94. The van der Waals surface area contributed by atoms with Crippen LogP contribution < -0.4 is 20.6 Å². The minimum atomic E-state index is -0.288. The molecule has 3 N–H and O–H groups in total. The molecule has 0 atom stereocenters. The Morgan fingerprint density at radius 3 is 2.58 bits per heavy atom. The van der Waals surface area contributed by atoms with Crippen LogP contribution in [0.1, 0.15) is 28.1 Å². The second-order valence-corrected chi connectivity index (χ2v) is 7.97. The van der Waals surface area contributed by atoms with Gasteiger partial charge in [0.05, 0.1) is 25.8 Å². The number of hydrogen-bond donors (Lipinski definition) is 2. The highest BCUT2D eigenvalue weighted by molar-refractivity contribution is 7.15. The van der Waals surface area contributed by atoms with E-state index in [1.165, 1.54) is 22.5 Å². The van der Waals surface area contributed by atoms with E-state index in [0.717, 1.165) is 23.5 Å². The SMILES string of the molecule is Cc1ccc(OCCCOc2cccc(C=NNC(=O)Cc3nnc(N)s3)c2)cc1C. The summed E-state index contributed by atoms with van der Waals surface area (Å²) >= 11 is 1.18. The number of benzene rings is 2. The Balaban J connectivity index is 1.38. The number of aryl methyl sites for hydroxylation is 2. The summed E-state index contributed by atoms with van der Waals surface area (Å²) in [7, 11) is 0. The van der Waals surface area contributed by atoms with Crippen LogP contribution in [0.2, 0.25) is 0 Å². The minimum absolute atomic E-state index is 0.0829. The van der Waals surface area contributed by atoms with Crippen molar-refractivity contribution in [3.63, 3.8) is 0 Å². The molecule has 0 aliphatic rings. The van der Waals surface area contributed by atoms with Crippen molar-refractivity contribution in [1.29, 1.82) is 0 Å². The number of aromatic nitrogens is 2. The van der Waals surface area contributed by atoms with Crippen molar-refractivity contribution in [2.24, 2.45) is 5.10 Å². The van der Waals surface area contributed by atoms with Crippen LogP contribution in [0.3, 0.4) is 0 Å². The van der Waals surface area contributed by atoms with Crippen LogP contribution in [0.15, 0.2) is 47.6 Å². The molecule has 9 heteroatoms. The molecule has 0 saturated heterocycles. The highest BCUT2D eigenvalue weighted by Gasteiger charge is 2.07. The molecule has 0 radical (unpaired) electrons. The van der Waals surface area contributed by atoms with Gasteiger partial charge in [0.1, 0.15) is 16.5 Å². The predicted octanol–water partition coefficient (Wildman–Crippen LogP) is 3.28. The number of nitrogens with two attached hydrogens (primary N) is 1. The Morgan fingerprint density at radius 1 is 1.10 bits per heavy atom. The van der Waals surface area contributed by atoms with Crippen molar-refractivity contribution in [3.05, 3.63) is 64.2 Å². The standard InChI is InChI=1S/C22H25N5O3S/c1-15-7-8-19(11-16(15)2)30-10-4-9-29-18-6-3-5-17(12-18)14-24-25-20(28)13-21-26-27-22(23)31-21/h3,5-8,11-12,14H,4,9-10,13H2,1-2H3,(H2,23,27)(H,25,28). The Bertz CT molecular complexity index is 1050. The summed E-state index contributed by atoms with van der Waals surface area (Å²) in [6.07, 6.45) is 2.40. The summed E-state index contributed by atoms with van der Waals surface area (Å²) in [5.74, 6) is 1.31. The van der Waals surface area contributed by atoms with Crippen LogP contribution in [-0.4, -0.2) is 35.5 Å². The number of nitrogens with one attached hydrogen (secondary N) is 1. The second-order valence-electron chi connectivity index (χ2n) is 6.87. The third-order valence-corrected chi connectivity index (χ3v) is 5.11. The van der Waals surface area contributed by atoms with Gasteiger partial charge in [-0.15, -0.1) is 10.2 Å². The topological polar surface area (TPSA) is 112 Å². The minimum Gasteiger partial charge on any atom is -0.493 e. The predicted molar refractivity (Wildman–Crippen MR) is 122 cm³/mol. The van der Waals surface area contributed by atoms with Crippen molar-refractivity contribution < 1.29 is 14.3 Å². The largest absolute Gasteiger partial charge is 0.493 e. The van der Waals surface area contributed by atoms with Gasteiger partial charge in [0.2, 0.25) is 11.0 Å².